The average Bonchev–Trinajstić information content (AvgIpc) is 3.25. The van der Waals surface area contributed by atoms with E-state index in [4.69, 9.17) is 0 Å². The predicted molar refractivity (Wildman–Crippen MR) is 106 cm³/mol. The Kier molecular flexibility index (Phi) is 5.36. The van der Waals surface area contributed by atoms with Crippen LogP contribution in [-0.2, 0) is 12.6 Å². The summed E-state index contributed by atoms with van der Waals surface area (Å²) in [5, 5.41) is 9.77. The molecule has 8 nitrogen and oxygen atoms in total. The summed E-state index contributed by atoms with van der Waals surface area (Å²) in [4.78, 5) is 30.3. The van der Waals surface area contributed by atoms with Gasteiger partial charge in [0.15, 0.2) is 17.6 Å². The molecule has 0 aliphatic carbocycles. The Balaban J connectivity index is 1.63. The smallest absolute Gasteiger partial charge is 0.422 e. The fourth-order valence-electron chi connectivity index (χ4n) is 3.84. The summed E-state index contributed by atoms with van der Waals surface area (Å²) in [6.45, 7) is 2.23. The number of aryl methyl sites for hydroxylation is 1. The maximum absolute atomic E-state index is 13.6. The number of pyridine rings is 1. The van der Waals surface area contributed by atoms with Gasteiger partial charge in [0.25, 0.3) is 5.91 Å². The lowest BCUT2D eigenvalue weighted by Crippen LogP contribution is -2.40. The van der Waals surface area contributed by atoms with Crippen LogP contribution >= 0.6 is 15.9 Å². The first-order chi connectivity index (χ1) is 14.6. The second-order valence-corrected chi connectivity index (χ2v) is 8.06. The van der Waals surface area contributed by atoms with Crippen molar-refractivity contribution in [3.8, 4) is 5.88 Å². The first-order valence-corrected chi connectivity index (χ1v) is 10.4. The summed E-state index contributed by atoms with van der Waals surface area (Å²) < 4.78 is 47.8. The number of imidazole rings is 1. The number of halogens is 4. The highest BCUT2D eigenvalue weighted by atomic mass is 79.9. The van der Waals surface area contributed by atoms with Gasteiger partial charge in [0.1, 0.15) is 4.60 Å². The van der Waals surface area contributed by atoms with Gasteiger partial charge in [-0.05, 0) is 46.8 Å². The second kappa shape index (κ2) is 7.74. The van der Waals surface area contributed by atoms with Crippen molar-refractivity contribution >= 4 is 27.5 Å². The quantitative estimate of drug-likeness (QED) is 0.590. The molecule has 1 saturated heterocycles. The maximum Gasteiger partial charge on any atom is 0.422 e. The van der Waals surface area contributed by atoms with E-state index in [0.29, 0.717) is 24.8 Å². The van der Waals surface area contributed by atoms with Gasteiger partial charge in [-0.1, -0.05) is 6.92 Å². The van der Waals surface area contributed by atoms with Gasteiger partial charge >= 0.3 is 11.9 Å². The molecule has 0 unspecified atom stereocenters. The van der Waals surface area contributed by atoms with Crippen LogP contribution in [0.5, 0.6) is 5.88 Å². The van der Waals surface area contributed by atoms with Gasteiger partial charge in [0, 0.05) is 25.3 Å². The molecule has 3 aromatic rings. The Bertz CT molecular complexity index is 1210. The molecule has 1 aliphatic rings. The molecule has 0 bridgehead atoms. The van der Waals surface area contributed by atoms with E-state index in [9.17, 15) is 27.9 Å². The summed E-state index contributed by atoms with van der Waals surface area (Å²) in [6, 6.07) is 0.702. The van der Waals surface area contributed by atoms with Crippen molar-refractivity contribution in [2.24, 2.45) is 0 Å². The van der Waals surface area contributed by atoms with E-state index < -0.39 is 23.4 Å². The molecule has 4 rings (SSSR count). The molecule has 0 aromatic carbocycles. The summed E-state index contributed by atoms with van der Waals surface area (Å²) in [7, 11) is 0. The number of hydrogen-bond donors (Lipinski definition) is 1. The highest BCUT2D eigenvalue weighted by Crippen LogP contribution is 2.35. The molecule has 1 N–H and O–H groups in total. The molecule has 3 aromatic heterocycles. The van der Waals surface area contributed by atoms with Crippen LogP contribution < -0.4 is 5.76 Å². The number of oxazole rings is 1. The maximum atomic E-state index is 13.6. The fourth-order valence-corrected chi connectivity index (χ4v) is 4.36. The Morgan fingerprint density at radius 1 is 1.35 bits per heavy atom. The van der Waals surface area contributed by atoms with Crippen molar-refractivity contribution in [2.45, 2.75) is 38.4 Å². The number of alkyl halides is 3. The third-order valence-corrected chi connectivity index (χ3v) is 6.22. The zero-order chi connectivity index (χ0) is 22.5. The minimum atomic E-state index is -4.62. The Morgan fingerprint density at radius 2 is 2.03 bits per heavy atom. The third-order valence-electron chi connectivity index (χ3n) is 5.46. The van der Waals surface area contributed by atoms with Crippen LogP contribution in [-0.4, -0.2) is 43.0 Å². The molecule has 4 heterocycles. The van der Waals surface area contributed by atoms with Crippen LogP contribution in [0.1, 0.15) is 47.4 Å². The number of nitrogens with zero attached hydrogens (tertiary/aromatic N) is 4. The number of aromatic nitrogens is 3. The number of carbonyl (C=O) groups excluding carboxylic acids is 1. The van der Waals surface area contributed by atoms with E-state index in [2.05, 4.69) is 25.3 Å². The number of carbonyl (C=O) groups is 1. The zero-order valence-corrected chi connectivity index (χ0v) is 17.9. The zero-order valence-electron chi connectivity index (χ0n) is 16.3. The van der Waals surface area contributed by atoms with E-state index in [1.807, 2.05) is 0 Å². The van der Waals surface area contributed by atoms with E-state index in [1.165, 1.54) is 15.5 Å². The van der Waals surface area contributed by atoms with E-state index >= 15 is 0 Å². The largest absolute Gasteiger partial charge is 0.492 e. The lowest BCUT2D eigenvalue weighted by molar-refractivity contribution is -0.136. The van der Waals surface area contributed by atoms with Crippen LogP contribution in [0, 0.1) is 0 Å². The van der Waals surface area contributed by atoms with Crippen LogP contribution in [0.15, 0.2) is 32.3 Å². The summed E-state index contributed by atoms with van der Waals surface area (Å²) in [5.41, 5.74) is -0.895. The van der Waals surface area contributed by atoms with Crippen molar-refractivity contribution in [1.82, 2.24) is 18.9 Å². The van der Waals surface area contributed by atoms with E-state index in [1.54, 1.807) is 6.92 Å². The number of aromatic hydroxyl groups is 1. The number of amides is 1. The summed E-state index contributed by atoms with van der Waals surface area (Å²) in [5.74, 6) is -1.48. The van der Waals surface area contributed by atoms with Crippen molar-refractivity contribution in [2.75, 3.05) is 13.1 Å². The number of piperidine rings is 1. The molecule has 1 fully saturated rings. The lowest BCUT2D eigenvalue weighted by Gasteiger charge is -2.31. The van der Waals surface area contributed by atoms with Crippen LogP contribution in [0.25, 0.3) is 5.65 Å². The number of likely N-dealkylation sites (tertiary alicyclic amines) is 1. The SMILES string of the molecule is CCc1cc(C(F)(F)F)c2nc(C(=O)N3CCC(n4c(O)coc4=O)CC3)c(Br)n2c1. The van der Waals surface area contributed by atoms with E-state index in [0.717, 1.165) is 16.9 Å². The van der Waals surface area contributed by atoms with E-state index in [-0.39, 0.29) is 41.0 Å². The highest BCUT2D eigenvalue weighted by molar-refractivity contribution is 9.10. The van der Waals surface area contributed by atoms with Crippen LogP contribution in [0.4, 0.5) is 13.2 Å². The first kappa shape index (κ1) is 21.5. The lowest BCUT2D eigenvalue weighted by atomic mass is 10.0. The average molecular weight is 503 g/mol. The van der Waals surface area contributed by atoms with Gasteiger partial charge in [0.05, 0.1) is 5.56 Å². The summed E-state index contributed by atoms with van der Waals surface area (Å²) >= 11 is 3.24. The number of fused-ring (bicyclic) bond motifs is 1. The highest BCUT2D eigenvalue weighted by Gasteiger charge is 2.36. The molecule has 1 amide bonds. The number of rotatable bonds is 3. The molecule has 0 radical (unpaired) electrons. The van der Waals surface area contributed by atoms with Crippen molar-refractivity contribution in [3.05, 3.63) is 50.5 Å². The Labute approximate surface area is 182 Å². The van der Waals surface area contributed by atoms with Crippen LogP contribution in [0.2, 0.25) is 0 Å². The molecule has 0 atom stereocenters. The Hall–Kier alpha value is -2.76. The van der Waals surface area contributed by atoms with Crippen molar-refractivity contribution in [3.63, 3.8) is 0 Å². The molecule has 166 valence electrons. The Morgan fingerprint density at radius 3 is 2.58 bits per heavy atom. The summed E-state index contributed by atoms with van der Waals surface area (Å²) in [6.07, 6.45) is -0.999. The number of hydrogen-bond acceptors (Lipinski definition) is 5. The predicted octanol–water partition coefficient (Wildman–Crippen LogP) is 3.62. The van der Waals surface area contributed by atoms with Gasteiger partial charge in [-0.3, -0.25) is 9.20 Å². The molecular formula is C19H18BrF3N4O4. The fraction of sp³-hybridized carbons (Fsp3) is 0.421. The normalized spacial score (nSPS) is 15.7. The van der Waals surface area contributed by atoms with Gasteiger partial charge in [-0.15, -0.1) is 0 Å². The second-order valence-electron chi connectivity index (χ2n) is 7.31. The monoisotopic (exact) mass is 502 g/mol. The molecular weight excluding hydrogens is 485 g/mol. The molecule has 31 heavy (non-hydrogen) atoms. The third kappa shape index (κ3) is 3.73. The van der Waals surface area contributed by atoms with Crippen LogP contribution in [0.3, 0.4) is 0 Å². The minimum absolute atomic E-state index is 0.111. The topological polar surface area (TPSA) is 93.0 Å². The van der Waals surface area contributed by atoms with Crippen molar-refractivity contribution in [1.29, 1.82) is 0 Å². The van der Waals surface area contributed by atoms with Gasteiger partial charge in [0.2, 0.25) is 5.88 Å². The van der Waals surface area contributed by atoms with Crippen molar-refractivity contribution < 1.29 is 27.5 Å². The molecule has 1 aliphatic heterocycles. The molecule has 12 heteroatoms. The molecule has 0 saturated carbocycles. The van der Waals surface area contributed by atoms with Gasteiger partial charge < -0.3 is 14.4 Å². The van der Waals surface area contributed by atoms with Gasteiger partial charge in [-0.2, -0.15) is 13.2 Å². The minimum Gasteiger partial charge on any atom is -0.492 e. The first-order valence-electron chi connectivity index (χ1n) is 9.57. The standard InChI is InChI=1S/C19H18BrF3N4O4/c1-2-10-7-12(19(21,22)23)16-24-14(15(20)26(16)8-10)17(29)25-5-3-11(4-6-25)27-13(28)9-31-18(27)30/h7-9,11,28H,2-6H2,1H3. The van der Waals surface area contributed by atoms with Gasteiger partial charge in [-0.25, -0.2) is 14.3 Å². The molecule has 0 spiro atoms.